The van der Waals surface area contributed by atoms with Gasteiger partial charge < -0.3 is 4.74 Å². The van der Waals surface area contributed by atoms with Crippen LogP contribution in [0.1, 0.15) is 32.7 Å². The van der Waals surface area contributed by atoms with Crippen molar-refractivity contribution in [3.63, 3.8) is 0 Å². The van der Waals surface area contributed by atoms with Gasteiger partial charge in [-0.3, -0.25) is 4.79 Å². The van der Waals surface area contributed by atoms with E-state index in [1.165, 1.54) is 0 Å². The summed E-state index contributed by atoms with van der Waals surface area (Å²) in [6.45, 7) is 0. The lowest BCUT2D eigenvalue weighted by atomic mass is 9.94. The zero-order chi connectivity index (χ0) is 13.9. The topological polar surface area (TPSA) is 43.4 Å². The van der Waals surface area contributed by atoms with Crippen LogP contribution in [0.15, 0.2) is 54.6 Å². The van der Waals surface area contributed by atoms with Crippen molar-refractivity contribution in [3.8, 4) is 0 Å². The van der Waals surface area contributed by atoms with Crippen molar-refractivity contribution in [2.45, 2.75) is 18.9 Å². The Morgan fingerprint density at radius 2 is 1.50 bits per heavy atom. The van der Waals surface area contributed by atoms with Crippen LogP contribution in [-0.4, -0.2) is 17.9 Å². The maximum Gasteiger partial charge on any atom is 0.339 e. The molecule has 1 aliphatic rings. The van der Waals surface area contributed by atoms with Crippen LogP contribution in [0, 0.1) is 0 Å². The van der Waals surface area contributed by atoms with Crippen LogP contribution in [0.4, 0.5) is 0 Å². The molecule has 0 saturated carbocycles. The van der Waals surface area contributed by atoms with Gasteiger partial charge in [-0.15, -0.1) is 0 Å². The summed E-state index contributed by atoms with van der Waals surface area (Å²) in [5, 5.41) is 0. The first kappa shape index (κ1) is 12.6. The van der Waals surface area contributed by atoms with E-state index < -0.39 is 12.1 Å². The SMILES string of the molecule is O=C1OC(CCc2ccccc2)C(=O)c2ccccc21. The smallest absolute Gasteiger partial charge is 0.339 e. The Balaban J connectivity index is 1.76. The lowest BCUT2D eigenvalue weighted by Gasteiger charge is -2.23. The summed E-state index contributed by atoms with van der Waals surface area (Å²) >= 11 is 0. The highest BCUT2D eigenvalue weighted by molar-refractivity contribution is 6.12. The van der Waals surface area contributed by atoms with Crippen molar-refractivity contribution in [1.82, 2.24) is 0 Å². The number of esters is 1. The second-order valence-corrected chi connectivity index (χ2v) is 4.83. The maximum absolute atomic E-state index is 12.3. The lowest BCUT2D eigenvalue weighted by molar-refractivity contribution is 0.0230. The van der Waals surface area contributed by atoms with Crippen LogP contribution >= 0.6 is 0 Å². The van der Waals surface area contributed by atoms with Crippen LogP contribution < -0.4 is 0 Å². The number of fused-ring (bicyclic) bond motifs is 1. The van der Waals surface area contributed by atoms with E-state index in [2.05, 4.69) is 0 Å². The van der Waals surface area contributed by atoms with E-state index >= 15 is 0 Å². The number of hydrogen-bond donors (Lipinski definition) is 0. The predicted molar refractivity (Wildman–Crippen MR) is 74.7 cm³/mol. The van der Waals surface area contributed by atoms with Crippen LogP contribution in [0.3, 0.4) is 0 Å². The fourth-order valence-corrected chi connectivity index (χ4v) is 2.43. The highest BCUT2D eigenvalue weighted by Crippen LogP contribution is 2.23. The van der Waals surface area contributed by atoms with Gasteiger partial charge in [-0.2, -0.15) is 0 Å². The van der Waals surface area contributed by atoms with Crippen LogP contribution in [0.25, 0.3) is 0 Å². The molecule has 20 heavy (non-hydrogen) atoms. The molecule has 0 bridgehead atoms. The van der Waals surface area contributed by atoms with E-state index in [0.717, 1.165) is 5.56 Å². The Morgan fingerprint density at radius 1 is 0.850 bits per heavy atom. The third-order valence-electron chi connectivity index (χ3n) is 3.49. The Labute approximate surface area is 117 Å². The molecule has 0 aliphatic carbocycles. The number of ether oxygens (including phenoxy) is 1. The van der Waals surface area contributed by atoms with E-state index in [4.69, 9.17) is 4.74 Å². The minimum Gasteiger partial charge on any atom is -0.450 e. The van der Waals surface area contributed by atoms with Gasteiger partial charge in [-0.1, -0.05) is 48.5 Å². The number of hydrogen-bond acceptors (Lipinski definition) is 3. The first-order chi connectivity index (χ1) is 9.75. The lowest BCUT2D eigenvalue weighted by Crippen LogP contribution is -2.34. The summed E-state index contributed by atoms with van der Waals surface area (Å²) in [6, 6.07) is 16.7. The molecule has 0 aromatic heterocycles. The van der Waals surface area contributed by atoms with Gasteiger partial charge in [0.1, 0.15) is 0 Å². The number of carbonyl (C=O) groups is 2. The molecular weight excluding hydrogens is 252 g/mol. The molecule has 1 unspecified atom stereocenters. The summed E-state index contributed by atoms with van der Waals surface area (Å²) in [4.78, 5) is 24.2. The van der Waals surface area contributed by atoms with Gasteiger partial charge in [-0.05, 0) is 24.5 Å². The van der Waals surface area contributed by atoms with Gasteiger partial charge in [-0.25, -0.2) is 4.79 Å². The molecule has 0 spiro atoms. The van der Waals surface area contributed by atoms with E-state index in [-0.39, 0.29) is 5.78 Å². The molecule has 0 fully saturated rings. The van der Waals surface area contributed by atoms with Gasteiger partial charge in [0.15, 0.2) is 6.10 Å². The van der Waals surface area contributed by atoms with Gasteiger partial charge in [0.05, 0.1) is 5.56 Å². The molecule has 0 radical (unpaired) electrons. The van der Waals surface area contributed by atoms with Crippen LogP contribution in [0.2, 0.25) is 0 Å². The summed E-state index contributed by atoms with van der Waals surface area (Å²) < 4.78 is 5.26. The Morgan fingerprint density at radius 3 is 2.25 bits per heavy atom. The highest BCUT2D eigenvalue weighted by atomic mass is 16.5. The summed E-state index contributed by atoms with van der Waals surface area (Å²) in [6.07, 6.45) is 0.563. The molecular formula is C17H14O3. The monoisotopic (exact) mass is 266 g/mol. The van der Waals surface area contributed by atoms with Crippen molar-refractivity contribution >= 4 is 11.8 Å². The molecule has 1 atom stereocenters. The quantitative estimate of drug-likeness (QED) is 0.802. The minimum absolute atomic E-state index is 0.101. The molecule has 1 aliphatic heterocycles. The standard InChI is InChI=1S/C17H14O3/c18-16-13-8-4-5-9-14(13)17(19)20-15(16)11-10-12-6-2-1-3-7-12/h1-9,15H,10-11H2. The Kier molecular flexibility index (Phi) is 3.33. The number of benzene rings is 2. The number of rotatable bonds is 3. The van der Waals surface area contributed by atoms with E-state index in [1.54, 1.807) is 24.3 Å². The van der Waals surface area contributed by atoms with E-state index in [1.807, 2.05) is 30.3 Å². The molecule has 3 rings (SSSR count). The number of ketones is 1. The van der Waals surface area contributed by atoms with Gasteiger partial charge in [0.25, 0.3) is 0 Å². The third-order valence-corrected chi connectivity index (χ3v) is 3.49. The van der Waals surface area contributed by atoms with Crippen molar-refractivity contribution in [1.29, 1.82) is 0 Å². The van der Waals surface area contributed by atoms with Crippen LogP contribution in [0.5, 0.6) is 0 Å². The fourth-order valence-electron chi connectivity index (χ4n) is 2.43. The number of Topliss-reactive ketones (excluding diaryl/α,β-unsaturated/α-hetero) is 1. The van der Waals surface area contributed by atoms with Crippen molar-refractivity contribution in [2.24, 2.45) is 0 Å². The second-order valence-electron chi connectivity index (χ2n) is 4.83. The molecule has 2 aromatic carbocycles. The number of carbonyl (C=O) groups excluding carboxylic acids is 2. The number of cyclic esters (lactones) is 1. The largest absolute Gasteiger partial charge is 0.450 e. The first-order valence-corrected chi connectivity index (χ1v) is 6.64. The van der Waals surface area contributed by atoms with Gasteiger partial charge >= 0.3 is 5.97 Å². The van der Waals surface area contributed by atoms with Gasteiger partial charge in [0.2, 0.25) is 5.78 Å². The summed E-state index contributed by atoms with van der Waals surface area (Å²) in [7, 11) is 0. The third kappa shape index (κ3) is 2.35. The van der Waals surface area contributed by atoms with Crippen molar-refractivity contribution in [3.05, 3.63) is 71.3 Å². The molecule has 3 heteroatoms. The fraction of sp³-hybridized carbons (Fsp3) is 0.176. The number of aryl methyl sites for hydroxylation is 1. The van der Waals surface area contributed by atoms with E-state index in [0.29, 0.717) is 24.0 Å². The van der Waals surface area contributed by atoms with E-state index in [9.17, 15) is 9.59 Å². The zero-order valence-corrected chi connectivity index (χ0v) is 10.9. The molecule has 1 heterocycles. The molecule has 2 aromatic rings. The highest BCUT2D eigenvalue weighted by Gasteiger charge is 2.33. The normalized spacial score (nSPS) is 17.5. The first-order valence-electron chi connectivity index (χ1n) is 6.64. The van der Waals surface area contributed by atoms with Crippen molar-refractivity contribution in [2.75, 3.05) is 0 Å². The zero-order valence-electron chi connectivity index (χ0n) is 10.9. The van der Waals surface area contributed by atoms with Crippen molar-refractivity contribution < 1.29 is 14.3 Å². The molecule has 0 N–H and O–H groups in total. The van der Waals surface area contributed by atoms with Crippen LogP contribution in [-0.2, 0) is 11.2 Å². The maximum atomic E-state index is 12.3. The summed E-state index contributed by atoms with van der Waals surface area (Å²) in [5.41, 5.74) is 1.98. The molecule has 0 saturated heterocycles. The Bertz CT molecular complexity index is 646. The average molecular weight is 266 g/mol. The molecule has 3 nitrogen and oxygen atoms in total. The second kappa shape index (κ2) is 5.29. The minimum atomic E-state index is -0.669. The van der Waals surface area contributed by atoms with Gasteiger partial charge in [0, 0.05) is 5.56 Å². The average Bonchev–Trinajstić information content (AvgIpc) is 2.50. The summed E-state index contributed by atoms with van der Waals surface area (Å²) in [5.74, 6) is -0.505. The molecule has 100 valence electrons. The molecule has 0 amide bonds. The Hall–Kier alpha value is -2.42. The predicted octanol–water partition coefficient (Wildman–Crippen LogP) is 3.04.